The van der Waals surface area contributed by atoms with Gasteiger partial charge in [-0.1, -0.05) is 18.2 Å². The molecule has 4 heteroatoms. The first-order valence-electron chi connectivity index (χ1n) is 5.48. The van der Waals surface area contributed by atoms with Crippen LogP contribution in [0.3, 0.4) is 0 Å². The van der Waals surface area contributed by atoms with Gasteiger partial charge in [-0.15, -0.1) is 11.8 Å². The SMILES string of the molecule is Cc1ccc(C#N)c(SCc2ccccc2O)n1. The third kappa shape index (κ3) is 2.82. The Bertz CT molecular complexity index is 605. The normalized spacial score (nSPS) is 10.0. The van der Waals surface area contributed by atoms with Gasteiger partial charge in [-0.3, -0.25) is 0 Å². The summed E-state index contributed by atoms with van der Waals surface area (Å²) in [6.45, 7) is 1.89. The van der Waals surface area contributed by atoms with E-state index in [2.05, 4.69) is 11.1 Å². The molecule has 0 amide bonds. The largest absolute Gasteiger partial charge is 0.508 e. The maximum absolute atomic E-state index is 9.67. The first-order valence-corrected chi connectivity index (χ1v) is 6.46. The number of aryl methyl sites for hydroxylation is 1. The number of pyridine rings is 1. The minimum Gasteiger partial charge on any atom is -0.508 e. The van der Waals surface area contributed by atoms with Gasteiger partial charge >= 0.3 is 0 Å². The van der Waals surface area contributed by atoms with Crippen molar-refractivity contribution in [3.05, 3.63) is 53.2 Å². The van der Waals surface area contributed by atoms with Gasteiger partial charge in [-0.05, 0) is 25.1 Å². The molecule has 0 fully saturated rings. The predicted octanol–water partition coefficient (Wildman–Crippen LogP) is 3.26. The van der Waals surface area contributed by atoms with Crippen molar-refractivity contribution in [3.8, 4) is 11.8 Å². The Morgan fingerprint density at radius 1 is 1.28 bits per heavy atom. The first kappa shape index (κ1) is 12.5. The number of rotatable bonds is 3. The maximum atomic E-state index is 9.67. The Labute approximate surface area is 110 Å². The van der Waals surface area contributed by atoms with Crippen molar-refractivity contribution >= 4 is 11.8 Å². The zero-order valence-electron chi connectivity index (χ0n) is 9.92. The van der Waals surface area contributed by atoms with Crippen LogP contribution in [0.2, 0.25) is 0 Å². The molecule has 0 unspecified atom stereocenters. The van der Waals surface area contributed by atoms with E-state index in [9.17, 15) is 5.11 Å². The molecule has 0 aliphatic heterocycles. The number of para-hydroxylation sites is 1. The van der Waals surface area contributed by atoms with Crippen LogP contribution in [-0.4, -0.2) is 10.1 Å². The summed E-state index contributed by atoms with van der Waals surface area (Å²) < 4.78 is 0. The first-order chi connectivity index (χ1) is 8.70. The van der Waals surface area contributed by atoms with Gasteiger partial charge in [0.2, 0.25) is 0 Å². The number of thioether (sulfide) groups is 1. The summed E-state index contributed by atoms with van der Waals surface area (Å²) >= 11 is 1.46. The van der Waals surface area contributed by atoms with Gasteiger partial charge in [0.1, 0.15) is 16.8 Å². The van der Waals surface area contributed by atoms with Crippen LogP contribution in [0.15, 0.2) is 41.4 Å². The smallest absolute Gasteiger partial charge is 0.119 e. The molecular formula is C14H12N2OS. The molecule has 1 aromatic heterocycles. The number of hydrogen-bond donors (Lipinski definition) is 1. The van der Waals surface area contributed by atoms with E-state index in [0.29, 0.717) is 16.3 Å². The van der Waals surface area contributed by atoms with Crippen molar-refractivity contribution < 1.29 is 5.11 Å². The van der Waals surface area contributed by atoms with Gasteiger partial charge in [0, 0.05) is 17.0 Å². The molecule has 0 saturated heterocycles. The molecule has 1 N–H and O–H groups in total. The summed E-state index contributed by atoms with van der Waals surface area (Å²) in [6, 6.07) is 12.9. The highest BCUT2D eigenvalue weighted by Gasteiger charge is 2.07. The topological polar surface area (TPSA) is 56.9 Å². The molecule has 2 rings (SSSR count). The molecule has 0 atom stereocenters. The highest BCUT2D eigenvalue weighted by molar-refractivity contribution is 7.98. The van der Waals surface area contributed by atoms with Crippen LogP contribution in [-0.2, 0) is 5.75 Å². The fraction of sp³-hybridized carbons (Fsp3) is 0.143. The number of phenolic OH excluding ortho intramolecular Hbond substituents is 1. The van der Waals surface area contributed by atoms with Crippen LogP contribution in [0.25, 0.3) is 0 Å². The lowest BCUT2D eigenvalue weighted by Crippen LogP contribution is -1.90. The molecule has 18 heavy (non-hydrogen) atoms. The minimum absolute atomic E-state index is 0.274. The van der Waals surface area contributed by atoms with E-state index in [0.717, 1.165) is 11.3 Å². The number of aromatic nitrogens is 1. The molecular weight excluding hydrogens is 244 g/mol. The van der Waals surface area contributed by atoms with E-state index in [4.69, 9.17) is 5.26 Å². The summed E-state index contributed by atoms with van der Waals surface area (Å²) in [4.78, 5) is 4.35. The predicted molar refractivity (Wildman–Crippen MR) is 71.4 cm³/mol. The monoisotopic (exact) mass is 256 g/mol. The lowest BCUT2D eigenvalue weighted by Gasteiger charge is -2.05. The van der Waals surface area contributed by atoms with Gasteiger partial charge in [0.15, 0.2) is 0 Å². The molecule has 0 bridgehead atoms. The fourth-order valence-corrected chi connectivity index (χ4v) is 2.52. The van der Waals surface area contributed by atoms with Gasteiger partial charge in [0.25, 0.3) is 0 Å². The molecule has 90 valence electrons. The van der Waals surface area contributed by atoms with Crippen molar-refractivity contribution in [2.75, 3.05) is 0 Å². The molecule has 2 aromatic rings. The van der Waals surface area contributed by atoms with Crippen LogP contribution in [0.1, 0.15) is 16.8 Å². The van der Waals surface area contributed by atoms with E-state index in [1.807, 2.05) is 25.1 Å². The third-order valence-electron chi connectivity index (χ3n) is 2.48. The second-order valence-electron chi connectivity index (χ2n) is 3.83. The Morgan fingerprint density at radius 3 is 2.78 bits per heavy atom. The van der Waals surface area contributed by atoms with E-state index < -0.39 is 0 Å². The number of nitrogens with zero attached hydrogens (tertiary/aromatic N) is 2. The van der Waals surface area contributed by atoms with Crippen LogP contribution in [0, 0.1) is 18.3 Å². The number of phenols is 1. The zero-order chi connectivity index (χ0) is 13.0. The van der Waals surface area contributed by atoms with Crippen molar-refractivity contribution in [2.45, 2.75) is 17.7 Å². The maximum Gasteiger partial charge on any atom is 0.119 e. The molecule has 0 saturated carbocycles. The number of hydrogen-bond acceptors (Lipinski definition) is 4. The molecule has 0 aliphatic carbocycles. The fourth-order valence-electron chi connectivity index (χ4n) is 1.51. The van der Waals surface area contributed by atoms with Crippen molar-refractivity contribution in [3.63, 3.8) is 0 Å². The minimum atomic E-state index is 0.274. The van der Waals surface area contributed by atoms with Gasteiger partial charge < -0.3 is 5.11 Å². The number of aromatic hydroxyl groups is 1. The lowest BCUT2D eigenvalue weighted by atomic mass is 10.2. The van der Waals surface area contributed by atoms with Crippen molar-refractivity contribution in [1.29, 1.82) is 5.26 Å². The summed E-state index contributed by atoms with van der Waals surface area (Å²) in [5, 5.41) is 19.4. The average molecular weight is 256 g/mol. The van der Waals surface area contributed by atoms with Crippen LogP contribution in [0.5, 0.6) is 5.75 Å². The molecule has 1 aromatic carbocycles. The van der Waals surface area contributed by atoms with Crippen LogP contribution < -0.4 is 0 Å². The van der Waals surface area contributed by atoms with E-state index in [-0.39, 0.29) is 5.75 Å². The van der Waals surface area contributed by atoms with E-state index >= 15 is 0 Å². The Morgan fingerprint density at radius 2 is 2.06 bits per heavy atom. The Hall–Kier alpha value is -1.99. The zero-order valence-corrected chi connectivity index (χ0v) is 10.7. The summed E-state index contributed by atoms with van der Waals surface area (Å²) in [5.41, 5.74) is 2.30. The van der Waals surface area contributed by atoms with Gasteiger partial charge in [-0.25, -0.2) is 4.98 Å². The van der Waals surface area contributed by atoms with Crippen LogP contribution in [0.4, 0.5) is 0 Å². The summed E-state index contributed by atoms with van der Waals surface area (Å²) in [5.74, 6) is 0.869. The standard InChI is InChI=1S/C14H12N2OS/c1-10-6-7-11(8-15)14(16-10)18-9-12-4-2-3-5-13(12)17/h2-7,17H,9H2,1H3. The molecule has 3 nitrogen and oxygen atoms in total. The third-order valence-corrected chi connectivity index (χ3v) is 3.52. The molecule has 0 aliphatic rings. The highest BCUT2D eigenvalue weighted by Crippen LogP contribution is 2.28. The Kier molecular flexibility index (Phi) is 3.85. The Balaban J connectivity index is 2.18. The molecule has 1 heterocycles. The lowest BCUT2D eigenvalue weighted by molar-refractivity contribution is 0.470. The highest BCUT2D eigenvalue weighted by atomic mass is 32.2. The summed E-state index contributed by atoms with van der Waals surface area (Å²) in [7, 11) is 0. The summed E-state index contributed by atoms with van der Waals surface area (Å²) in [6.07, 6.45) is 0. The van der Waals surface area contributed by atoms with E-state index in [1.165, 1.54) is 11.8 Å². The van der Waals surface area contributed by atoms with Crippen molar-refractivity contribution in [1.82, 2.24) is 4.98 Å². The molecule has 0 radical (unpaired) electrons. The average Bonchev–Trinajstić information content (AvgIpc) is 2.38. The quantitative estimate of drug-likeness (QED) is 0.856. The second-order valence-corrected chi connectivity index (χ2v) is 4.80. The van der Waals surface area contributed by atoms with Crippen LogP contribution >= 0.6 is 11.8 Å². The molecule has 0 spiro atoms. The number of nitriles is 1. The van der Waals surface area contributed by atoms with Gasteiger partial charge in [-0.2, -0.15) is 5.26 Å². The second kappa shape index (κ2) is 5.56. The van der Waals surface area contributed by atoms with Gasteiger partial charge in [0.05, 0.1) is 5.56 Å². The van der Waals surface area contributed by atoms with E-state index in [1.54, 1.807) is 18.2 Å². The number of benzene rings is 1. The van der Waals surface area contributed by atoms with Crippen molar-refractivity contribution in [2.24, 2.45) is 0 Å².